The summed E-state index contributed by atoms with van der Waals surface area (Å²) in [5.41, 5.74) is -0.438. The Kier molecular flexibility index (Phi) is 6.94. The van der Waals surface area contributed by atoms with Gasteiger partial charge < -0.3 is 20.1 Å². The quantitative estimate of drug-likeness (QED) is 0.818. The number of piperidine rings is 1. The minimum absolute atomic E-state index is 0.222. The van der Waals surface area contributed by atoms with Crippen molar-refractivity contribution in [3.63, 3.8) is 0 Å². The number of amides is 1. The van der Waals surface area contributed by atoms with Crippen LogP contribution in [0, 0.1) is 5.92 Å². The molecule has 0 aromatic heterocycles. The summed E-state index contributed by atoms with van der Waals surface area (Å²) in [5, 5.41) is 13.4. The van der Waals surface area contributed by atoms with E-state index in [1.807, 2.05) is 20.8 Å². The van der Waals surface area contributed by atoms with E-state index in [1.54, 1.807) is 4.90 Å². The third kappa shape index (κ3) is 6.66. The lowest BCUT2D eigenvalue weighted by Crippen LogP contribution is -2.48. The van der Waals surface area contributed by atoms with E-state index in [0.717, 1.165) is 19.3 Å². The number of nitrogens with one attached hydrogen (secondary N) is 1. The summed E-state index contributed by atoms with van der Waals surface area (Å²) in [7, 11) is 0. The Bertz CT molecular complexity index is 320. The van der Waals surface area contributed by atoms with Gasteiger partial charge in [0.05, 0.1) is 6.10 Å². The van der Waals surface area contributed by atoms with E-state index in [4.69, 9.17) is 4.74 Å². The average molecular weight is 300 g/mol. The van der Waals surface area contributed by atoms with Crippen LogP contribution in [0.4, 0.5) is 4.79 Å². The zero-order chi connectivity index (χ0) is 16.0. The fraction of sp³-hybridized carbons (Fsp3) is 0.938. The molecule has 2 N–H and O–H groups in total. The predicted octanol–water partition coefficient (Wildman–Crippen LogP) is 2.38. The number of aliphatic hydroxyl groups is 1. The van der Waals surface area contributed by atoms with Crippen molar-refractivity contribution >= 4 is 6.09 Å². The lowest BCUT2D eigenvalue weighted by Gasteiger charge is -2.34. The average Bonchev–Trinajstić information content (AvgIpc) is 2.42. The van der Waals surface area contributed by atoms with Crippen LogP contribution in [0.2, 0.25) is 0 Å². The van der Waals surface area contributed by atoms with E-state index in [2.05, 4.69) is 19.2 Å². The molecule has 0 bridgehead atoms. The standard InChI is InChI=1S/C16H32N2O3/c1-6-12(2)14(19)11-17-13-7-9-18(10-8-13)15(20)21-16(3,4)5/h12-14,17,19H,6-11H2,1-5H3. The van der Waals surface area contributed by atoms with Gasteiger partial charge >= 0.3 is 6.09 Å². The van der Waals surface area contributed by atoms with E-state index in [9.17, 15) is 9.90 Å². The van der Waals surface area contributed by atoms with Gasteiger partial charge in [0.2, 0.25) is 0 Å². The largest absolute Gasteiger partial charge is 0.444 e. The van der Waals surface area contributed by atoms with E-state index in [-0.39, 0.29) is 12.2 Å². The predicted molar refractivity (Wildman–Crippen MR) is 84.3 cm³/mol. The maximum atomic E-state index is 12.0. The summed E-state index contributed by atoms with van der Waals surface area (Å²) in [6.07, 6.45) is 2.29. The van der Waals surface area contributed by atoms with Crippen LogP contribution in [0.25, 0.3) is 0 Å². The fourth-order valence-corrected chi connectivity index (χ4v) is 2.35. The van der Waals surface area contributed by atoms with Crippen molar-refractivity contribution in [1.29, 1.82) is 0 Å². The molecule has 124 valence electrons. The van der Waals surface area contributed by atoms with E-state index in [1.165, 1.54) is 0 Å². The molecular formula is C16H32N2O3. The highest BCUT2D eigenvalue weighted by Gasteiger charge is 2.27. The van der Waals surface area contributed by atoms with Crippen LogP contribution in [0.15, 0.2) is 0 Å². The molecule has 1 aliphatic rings. The summed E-state index contributed by atoms with van der Waals surface area (Å²) in [6.45, 7) is 11.9. The fourth-order valence-electron chi connectivity index (χ4n) is 2.35. The molecule has 1 heterocycles. The normalized spacial score (nSPS) is 20.2. The number of hydrogen-bond acceptors (Lipinski definition) is 4. The summed E-state index contributed by atoms with van der Waals surface area (Å²) in [6, 6.07) is 0.377. The smallest absolute Gasteiger partial charge is 0.410 e. The number of carbonyl (C=O) groups excluding carboxylic acids is 1. The Labute approximate surface area is 129 Å². The highest BCUT2D eigenvalue weighted by molar-refractivity contribution is 5.68. The van der Waals surface area contributed by atoms with Gasteiger partial charge in [-0.15, -0.1) is 0 Å². The highest BCUT2D eigenvalue weighted by atomic mass is 16.6. The molecule has 2 unspecified atom stereocenters. The SMILES string of the molecule is CCC(C)C(O)CNC1CCN(C(=O)OC(C)(C)C)CC1. The van der Waals surface area contributed by atoms with Gasteiger partial charge in [0.25, 0.3) is 0 Å². The van der Waals surface area contributed by atoms with Crippen LogP contribution in [0.1, 0.15) is 53.9 Å². The third-order valence-electron chi connectivity index (χ3n) is 4.06. The molecule has 0 radical (unpaired) electrons. The number of rotatable bonds is 5. The van der Waals surface area contributed by atoms with Gasteiger partial charge in [-0.1, -0.05) is 20.3 Å². The van der Waals surface area contributed by atoms with Crippen molar-refractivity contribution < 1.29 is 14.6 Å². The highest BCUT2D eigenvalue weighted by Crippen LogP contribution is 2.16. The van der Waals surface area contributed by atoms with Gasteiger partial charge in [0.1, 0.15) is 5.60 Å². The number of nitrogens with zero attached hydrogens (tertiary/aromatic N) is 1. The molecule has 1 amide bonds. The molecule has 0 spiro atoms. The topological polar surface area (TPSA) is 61.8 Å². The minimum Gasteiger partial charge on any atom is -0.444 e. The monoisotopic (exact) mass is 300 g/mol. The molecule has 0 saturated carbocycles. The number of carbonyl (C=O) groups is 1. The molecule has 5 heteroatoms. The minimum atomic E-state index is -0.438. The van der Waals surface area contributed by atoms with Crippen LogP contribution >= 0.6 is 0 Å². The van der Waals surface area contributed by atoms with Gasteiger partial charge in [-0.2, -0.15) is 0 Å². The maximum Gasteiger partial charge on any atom is 0.410 e. The summed E-state index contributed by atoms with van der Waals surface area (Å²) >= 11 is 0. The van der Waals surface area contributed by atoms with Crippen LogP contribution in [-0.2, 0) is 4.74 Å². The Balaban J connectivity index is 2.28. The summed E-state index contributed by atoms with van der Waals surface area (Å²) < 4.78 is 5.38. The molecule has 1 aliphatic heterocycles. The Hall–Kier alpha value is -0.810. The molecular weight excluding hydrogens is 268 g/mol. The Morgan fingerprint density at radius 1 is 1.38 bits per heavy atom. The second-order valence-corrected chi connectivity index (χ2v) is 7.10. The van der Waals surface area contributed by atoms with Crippen LogP contribution in [0.3, 0.4) is 0 Å². The molecule has 1 saturated heterocycles. The van der Waals surface area contributed by atoms with Gasteiger partial charge in [0.15, 0.2) is 0 Å². The first-order valence-electron chi connectivity index (χ1n) is 8.12. The number of aliphatic hydroxyl groups excluding tert-OH is 1. The van der Waals surface area contributed by atoms with E-state index >= 15 is 0 Å². The first-order chi connectivity index (χ1) is 9.73. The molecule has 1 rings (SSSR count). The Morgan fingerprint density at radius 2 is 1.95 bits per heavy atom. The molecule has 0 aliphatic carbocycles. The second kappa shape index (κ2) is 7.99. The second-order valence-electron chi connectivity index (χ2n) is 7.10. The van der Waals surface area contributed by atoms with Gasteiger partial charge in [0, 0.05) is 25.7 Å². The summed E-state index contributed by atoms with van der Waals surface area (Å²) in [5.74, 6) is 0.319. The lowest BCUT2D eigenvalue weighted by atomic mass is 10.0. The van der Waals surface area contributed by atoms with Crippen LogP contribution in [-0.4, -0.2) is 53.5 Å². The molecule has 0 aromatic rings. The van der Waals surface area contributed by atoms with Crippen molar-refractivity contribution in [3.8, 4) is 0 Å². The van der Waals surface area contributed by atoms with Crippen molar-refractivity contribution in [3.05, 3.63) is 0 Å². The Morgan fingerprint density at radius 3 is 2.43 bits per heavy atom. The van der Waals surface area contributed by atoms with E-state index in [0.29, 0.717) is 31.6 Å². The summed E-state index contributed by atoms with van der Waals surface area (Å²) in [4.78, 5) is 13.7. The van der Waals surface area contributed by atoms with E-state index < -0.39 is 5.60 Å². The molecule has 5 nitrogen and oxygen atoms in total. The zero-order valence-electron chi connectivity index (χ0n) is 14.2. The maximum absolute atomic E-state index is 12.0. The number of likely N-dealkylation sites (tertiary alicyclic amines) is 1. The van der Waals surface area contributed by atoms with Crippen molar-refractivity contribution in [2.24, 2.45) is 5.92 Å². The molecule has 21 heavy (non-hydrogen) atoms. The first-order valence-corrected chi connectivity index (χ1v) is 8.12. The van der Waals surface area contributed by atoms with Gasteiger partial charge in [-0.3, -0.25) is 0 Å². The number of hydrogen-bond donors (Lipinski definition) is 2. The molecule has 2 atom stereocenters. The number of ether oxygens (including phenoxy) is 1. The van der Waals surface area contributed by atoms with Crippen molar-refractivity contribution in [1.82, 2.24) is 10.2 Å². The zero-order valence-corrected chi connectivity index (χ0v) is 14.2. The lowest BCUT2D eigenvalue weighted by molar-refractivity contribution is 0.0192. The van der Waals surface area contributed by atoms with Gasteiger partial charge in [-0.25, -0.2) is 4.79 Å². The van der Waals surface area contributed by atoms with Crippen molar-refractivity contribution in [2.75, 3.05) is 19.6 Å². The first kappa shape index (κ1) is 18.2. The van der Waals surface area contributed by atoms with Gasteiger partial charge in [-0.05, 0) is 39.5 Å². The molecule has 1 fully saturated rings. The van der Waals surface area contributed by atoms with Crippen molar-refractivity contribution in [2.45, 2.75) is 71.6 Å². The van der Waals surface area contributed by atoms with Crippen LogP contribution in [0.5, 0.6) is 0 Å². The third-order valence-corrected chi connectivity index (χ3v) is 4.06. The van der Waals surface area contributed by atoms with Crippen LogP contribution < -0.4 is 5.32 Å². The molecule has 0 aromatic carbocycles.